The number of nitrogens with zero attached hydrogens (tertiary/aromatic N) is 1. The van der Waals surface area contributed by atoms with Gasteiger partial charge >= 0.3 is 0 Å². The largest absolute Gasteiger partial charge is 0.400 e. The standard InChI is InChI=1S/C8H10O.C6H13NO3.C3H8.CH4O.CH2O/c1-9-7-8-5-3-2-4-6-8;1-3-4-6(2)5-9-10-7-8;1-3-2;2*1-2/h2-6H,7H2,1H3;6H,3-5H2,1-2H3;3H2,1-2H3;2H,1H3;1H2. The van der Waals surface area contributed by atoms with Crippen molar-refractivity contribution in [1.82, 2.24) is 0 Å². The Labute approximate surface area is 158 Å². The van der Waals surface area contributed by atoms with Crippen LogP contribution in [0, 0.1) is 10.8 Å². The monoisotopic (exact) mass is 375 g/mol. The zero-order valence-electron chi connectivity index (χ0n) is 17.1. The Morgan fingerprint density at radius 2 is 1.62 bits per heavy atom. The molecule has 0 radical (unpaired) electrons. The molecule has 0 spiro atoms. The average molecular weight is 376 g/mol. The number of carbonyl (C=O) groups is 1. The van der Waals surface area contributed by atoms with Crippen LogP contribution in [-0.4, -0.2) is 32.7 Å². The number of ether oxygens (including phenoxy) is 1. The van der Waals surface area contributed by atoms with Crippen molar-refractivity contribution in [1.29, 1.82) is 0 Å². The normalized spacial score (nSPS) is 9.19. The zero-order valence-corrected chi connectivity index (χ0v) is 17.1. The molecule has 0 aliphatic rings. The molecule has 1 aromatic carbocycles. The average Bonchev–Trinajstić information content (AvgIpc) is 2.68. The smallest absolute Gasteiger partial charge is 0.190 e. The van der Waals surface area contributed by atoms with Crippen LogP contribution in [0.3, 0.4) is 0 Å². The first-order chi connectivity index (χ1) is 12.7. The van der Waals surface area contributed by atoms with Crippen molar-refractivity contribution in [3.05, 3.63) is 40.8 Å². The molecule has 26 heavy (non-hydrogen) atoms. The third-order valence-corrected chi connectivity index (χ3v) is 2.37. The molecular formula is C19H37NO6. The lowest BCUT2D eigenvalue weighted by atomic mass is 10.1. The third kappa shape index (κ3) is 33.7. The first-order valence-electron chi connectivity index (χ1n) is 8.53. The van der Waals surface area contributed by atoms with E-state index in [9.17, 15) is 4.91 Å². The summed E-state index contributed by atoms with van der Waals surface area (Å²) in [6, 6.07) is 10.1. The molecule has 7 nitrogen and oxygen atoms in total. The molecule has 154 valence electrons. The van der Waals surface area contributed by atoms with Crippen molar-refractivity contribution in [3.63, 3.8) is 0 Å². The minimum Gasteiger partial charge on any atom is -0.400 e. The van der Waals surface area contributed by atoms with Gasteiger partial charge in [0.2, 0.25) is 0 Å². The number of methoxy groups -OCH3 is 1. The fraction of sp³-hybridized carbons (Fsp3) is 0.632. The van der Waals surface area contributed by atoms with E-state index in [1.54, 1.807) is 7.11 Å². The summed E-state index contributed by atoms with van der Waals surface area (Å²) in [5, 5.41) is 9.10. The molecule has 0 aromatic heterocycles. The molecule has 0 saturated carbocycles. The SMILES string of the molecule is C=O.CCC.CCCC(C)COON=O.CO.COCc1ccccc1. The number of carbonyl (C=O) groups excluding carboxylic acids is 1. The lowest BCUT2D eigenvalue weighted by Crippen LogP contribution is -2.03. The van der Waals surface area contributed by atoms with Crippen LogP contribution in [0.4, 0.5) is 0 Å². The molecule has 1 aromatic rings. The van der Waals surface area contributed by atoms with Gasteiger partial charge in [0, 0.05) is 14.2 Å². The Morgan fingerprint density at radius 3 is 2.00 bits per heavy atom. The Kier molecular flexibility index (Phi) is 42.3. The van der Waals surface area contributed by atoms with Crippen LogP contribution in [0.15, 0.2) is 35.7 Å². The summed E-state index contributed by atoms with van der Waals surface area (Å²) < 4.78 is 4.93. The summed E-state index contributed by atoms with van der Waals surface area (Å²) in [6.45, 7) is 11.5. The van der Waals surface area contributed by atoms with Gasteiger partial charge in [-0.15, -0.1) is 4.91 Å². The zero-order chi connectivity index (χ0) is 21.1. The van der Waals surface area contributed by atoms with Gasteiger partial charge in [-0.1, -0.05) is 70.9 Å². The van der Waals surface area contributed by atoms with E-state index in [4.69, 9.17) is 14.6 Å². The summed E-state index contributed by atoms with van der Waals surface area (Å²) in [5.41, 5.74) is 1.22. The van der Waals surface area contributed by atoms with Crippen LogP contribution in [0.25, 0.3) is 0 Å². The summed E-state index contributed by atoms with van der Waals surface area (Å²) in [5.74, 6) is 0.423. The number of benzene rings is 1. The van der Waals surface area contributed by atoms with Gasteiger partial charge in [0.25, 0.3) is 0 Å². The molecule has 1 unspecified atom stereocenters. The quantitative estimate of drug-likeness (QED) is 0.306. The highest BCUT2D eigenvalue weighted by molar-refractivity contribution is 5.13. The van der Waals surface area contributed by atoms with E-state index in [0.717, 1.165) is 20.0 Å². The molecule has 7 heteroatoms. The number of hydrogen-bond donors (Lipinski definition) is 1. The van der Waals surface area contributed by atoms with E-state index < -0.39 is 0 Å². The van der Waals surface area contributed by atoms with Crippen LogP contribution in [0.2, 0.25) is 0 Å². The van der Waals surface area contributed by atoms with Gasteiger partial charge in [0.15, 0.2) is 5.34 Å². The topological polar surface area (TPSA) is 94.4 Å². The van der Waals surface area contributed by atoms with Crippen LogP contribution in [-0.2, 0) is 26.0 Å². The van der Waals surface area contributed by atoms with Gasteiger partial charge in [0.05, 0.1) is 13.2 Å². The highest BCUT2D eigenvalue weighted by atomic mass is 17.3. The Balaban J connectivity index is -0.000000139. The molecule has 0 bridgehead atoms. The fourth-order valence-corrected chi connectivity index (χ4v) is 1.49. The predicted molar refractivity (Wildman–Crippen MR) is 105 cm³/mol. The number of aliphatic hydroxyl groups is 1. The van der Waals surface area contributed by atoms with E-state index in [2.05, 4.69) is 36.0 Å². The second-order valence-corrected chi connectivity index (χ2v) is 4.95. The number of aliphatic hydroxyl groups excluding tert-OH is 1. The second-order valence-electron chi connectivity index (χ2n) is 4.95. The molecule has 0 fully saturated rings. The van der Waals surface area contributed by atoms with Gasteiger partial charge < -0.3 is 14.6 Å². The summed E-state index contributed by atoms with van der Waals surface area (Å²) in [6.07, 6.45) is 3.43. The van der Waals surface area contributed by atoms with Crippen LogP contribution in [0.5, 0.6) is 0 Å². The number of hydrogen-bond acceptors (Lipinski definition) is 7. The molecule has 0 aliphatic heterocycles. The first kappa shape index (κ1) is 31.9. The Hall–Kier alpha value is -1.83. The molecule has 0 amide bonds. The van der Waals surface area contributed by atoms with E-state index in [0.29, 0.717) is 19.1 Å². The molecule has 1 atom stereocenters. The van der Waals surface area contributed by atoms with Crippen molar-refractivity contribution >= 4 is 6.79 Å². The van der Waals surface area contributed by atoms with E-state index in [1.807, 2.05) is 44.0 Å². The van der Waals surface area contributed by atoms with E-state index in [1.165, 1.54) is 12.0 Å². The van der Waals surface area contributed by atoms with Crippen molar-refractivity contribution in [2.75, 3.05) is 20.8 Å². The Bertz CT molecular complexity index is 338. The maximum Gasteiger partial charge on any atom is 0.190 e. The maximum atomic E-state index is 9.35. The molecular weight excluding hydrogens is 338 g/mol. The molecule has 0 saturated heterocycles. The van der Waals surface area contributed by atoms with Crippen molar-refractivity contribution in [2.24, 2.45) is 11.3 Å². The van der Waals surface area contributed by atoms with E-state index in [-0.39, 0.29) is 0 Å². The summed E-state index contributed by atoms with van der Waals surface area (Å²) in [7, 11) is 2.70. The van der Waals surface area contributed by atoms with Crippen LogP contribution < -0.4 is 0 Å². The first-order valence-corrected chi connectivity index (χ1v) is 8.53. The van der Waals surface area contributed by atoms with Crippen molar-refractivity contribution < 1.29 is 24.5 Å². The maximum absolute atomic E-state index is 9.35. The van der Waals surface area contributed by atoms with Gasteiger partial charge in [-0.05, 0) is 17.9 Å². The van der Waals surface area contributed by atoms with Crippen LogP contribution in [0.1, 0.15) is 52.5 Å². The third-order valence-electron chi connectivity index (χ3n) is 2.37. The minimum absolute atomic E-state index is 0.423. The molecule has 1 rings (SSSR count). The highest BCUT2D eigenvalue weighted by Crippen LogP contribution is 2.04. The lowest BCUT2D eigenvalue weighted by Gasteiger charge is -2.05. The Morgan fingerprint density at radius 1 is 1.12 bits per heavy atom. The van der Waals surface area contributed by atoms with Gasteiger partial charge in [-0.3, -0.25) is 0 Å². The van der Waals surface area contributed by atoms with Gasteiger partial charge in [-0.25, -0.2) is 0 Å². The van der Waals surface area contributed by atoms with Crippen molar-refractivity contribution in [2.45, 2.75) is 53.6 Å². The highest BCUT2D eigenvalue weighted by Gasteiger charge is 2.00. The predicted octanol–water partition coefficient (Wildman–Crippen LogP) is 4.73. The lowest BCUT2D eigenvalue weighted by molar-refractivity contribution is -0.303. The van der Waals surface area contributed by atoms with E-state index >= 15 is 0 Å². The summed E-state index contributed by atoms with van der Waals surface area (Å²) in [4.78, 5) is 25.6. The molecule has 0 heterocycles. The summed E-state index contributed by atoms with van der Waals surface area (Å²) >= 11 is 0. The van der Waals surface area contributed by atoms with Crippen molar-refractivity contribution in [3.8, 4) is 0 Å². The fourth-order valence-electron chi connectivity index (χ4n) is 1.49. The number of rotatable bonds is 8. The van der Waals surface area contributed by atoms with Crippen LogP contribution >= 0.6 is 0 Å². The second kappa shape index (κ2) is 34.5. The molecule has 1 N–H and O–H groups in total. The molecule has 0 aliphatic carbocycles. The van der Waals surface area contributed by atoms with Gasteiger partial charge in [0.1, 0.15) is 6.79 Å². The van der Waals surface area contributed by atoms with Gasteiger partial charge in [-0.2, -0.15) is 9.88 Å². The minimum atomic E-state index is 0.423.